The van der Waals surface area contributed by atoms with Crippen LogP contribution >= 0.6 is 0 Å². The fourth-order valence-corrected chi connectivity index (χ4v) is 2.65. The van der Waals surface area contributed by atoms with Gasteiger partial charge in [-0.1, -0.05) is 37.6 Å². The monoisotopic (exact) mass is 246 g/mol. The van der Waals surface area contributed by atoms with Crippen molar-refractivity contribution >= 4 is 5.91 Å². The van der Waals surface area contributed by atoms with Crippen LogP contribution in [0.2, 0.25) is 0 Å². The van der Waals surface area contributed by atoms with Crippen molar-refractivity contribution in [3.05, 3.63) is 35.4 Å². The van der Waals surface area contributed by atoms with Crippen molar-refractivity contribution in [2.75, 3.05) is 6.54 Å². The summed E-state index contributed by atoms with van der Waals surface area (Å²) in [5.74, 6) is 0.445. The molecule has 1 aromatic carbocycles. The minimum absolute atomic E-state index is 0.0127. The number of nitrogens with two attached hydrogens (primary N) is 1. The molecule has 0 bridgehead atoms. The van der Waals surface area contributed by atoms with Crippen LogP contribution in [0, 0.1) is 0 Å². The van der Waals surface area contributed by atoms with E-state index in [1.165, 1.54) is 11.1 Å². The molecule has 0 fully saturated rings. The van der Waals surface area contributed by atoms with Gasteiger partial charge >= 0.3 is 0 Å². The van der Waals surface area contributed by atoms with Crippen LogP contribution in [0.3, 0.4) is 0 Å². The normalized spacial score (nSPS) is 19.3. The maximum atomic E-state index is 11.8. The van der Waals surface area contributed by atoms with E-state index in [9.17, 15) is 4.79 Å². The second-order valence-corrected chi connectivity index (χ2v) is 5.07. The lowest BCUT2D eigenvalue weighted by Crippen LogP contribution is -2.41. The Kier molecular flexibility index (Phi) is 4.37. The molecular weight excluding hydrogens is 224 g/mol. The third-order valence-corrected chi connectivity index (χ3v) is 3.72. The Bertz CT molecular complexity index is 417. The van der Waals surface area contributed by atoms with Gasteiger partial charge in [0.15, 0.2) is 0 Å². The highest BCUT2D eigenvalue weighted by Crippen LogP contribution is 2.32. The van der Waals surface area contributed by atoms with Crippen LogP contribution in [-0.4, -0.2) is 18.5 Å². The number of carbonyl (C=O) groups is 1. The van der Waals surface area contributed by atoms with E-state index in [4.69, 9.17) is 5.73 Å². The molecule has 98 valence electrons. The van der Waals surface area contributed by atoms with Gasteiger partial charge in [-0.05, 0) is 30.4 Å². The van der Waals surface area contributed by atoms with Crippen LogP contribution in [-0.2, 0) is 11.2 Å². The summed E-state index contributed by atoms with van der Waals surface area (Å²) in [6.45, 7) is 2.76. The number of benzene rings is 1. The highest BCUT2D eigenvalue weighted by atomic mass is 16.2. The number of nitrogens with one attached hydrogen (secondary N) is 1. The van der Waals surface area contributed by atoms with Gasteiger partial charge in [0.05, 0.1) is 6.04 Å². The van der Waals surface area contributed by atoms with Crippen LogP contribution in [0.25, 0.3) is 0 Å². The van der Waals surface area contributed by atoms with Crippen LogP contribution < -0.4 is 11.1 Å². The van der Waals surface area contributed by atoms with E-state index in [1.807, 2.05) is 6.92 Å². The van der Waals surface area contributed by atoms with Gasteiger partial charge in [-0.25, -0.2) is 0 Å². The molecule has 0 saturated heterocycles. The number of fused-ring (bicyclic) bond motifs is 1. The van der Waals surface area contributed by atoms with Crippen LogP contribution in [0.4, 0.5) is 0 Å². The largest absolute Gasteiger partial charge is 0.354 e. The van der Waals surface area contributed by atoms with Crippen molar-refractivity contribution in [1.82, 2.24) is 5.32 Å². The van der Waals surface area contributed by atoms with Gasteiger partial charge in [-0.15, -0.1) is 0 Å². The smallest absolute Gasteiger partial charge is 0.236 e. The number of rotatable bonds is 5. The van der Waals surface area contributed by atoms with E-state index in [1.54, 1.807) is 0 Å². The molecule has 2 atom stereocenters. The molecule has 3 N–H and O–H groups in total. The fourth-order valence-electron chi connectivity index (χ4n) is 2.65. The van der Waals surface area contributed by atoms with Crippen molar-refractivity contribution in [2.24, 2.45) is 5.73 Å². The molecule has 0 aromatic heterocycles. The Morgan fingerprint density at radius 2 is 2.28 bits per heavy atom. The molecule has 1 amide bonds. The molecule has 0 saturated carbocycles. The van der Waals surface area contributed by atoms with Crippen molar-refractivity contribution in [3.63, 3.8) is 0 Å². The first-order chi connectivity index (χ1) is 8.72. The zero-order chi connectivity index (χ0) is 13.0. The zero-order valence-corrected chi connectivity index (χ0v) is 11.0. The molecular formula is C15H22N2O. The van der Waals surface area contributed by atoms with E-state index in [-0.39, 0.29) is 11.9 Å². The van der Waals surface area contributed by atoms with Gasteiger partial charge in [0.25, 0.3) is 0 Å². The van der Waals surface area contributed by atoms with E-state index < -0.39 is 0 Å². The molecule has 0 aliphatic heterocycles. The minimum atomic E-state index is -0.355. The third-order valence-electron chi connectivity index (χ3n) is 3.72. The van der Waals surface area contributed by atoms with E-state index >= 15 is 0 Å². The predicted molar refractivity (Wildman–Crippen MR) is 73.4 cm³/mol. The fraction of sp³-hybridized carbons (Fsp3) is 0.533. The lowest BCUT2D eigenvalue weighted by Gasteiger charge is -2.15. The van der Waals surface area contributed by atoms with Crippen molar-refractivity contribution in [1.29, 1.82) is 0 Å². The van der Waals surface area contributed by atoms with Crippen molar-refractivity contribution < 1.29 is 4.79 Å². The highest BCUT2D eigenvalue weighted by molar-refractivity contribution is 5.81. The highest BCUT2D eigenvalue weighted by Gasteiger charge is 2.22. The summed E-state index contributed by atoms with van der Waals surface area (Å²) in [5.41, 5.74) is 8.61. The van der Waals surface area contributed by atoms with Crippen molar-refractivity contribution in [3.8, 4) is 0 Å². The summed E-state index contributed by atoms with van der Waals surface area (Å²) < 4.78 is 0. The Morgan fingerprint density at radius 3 is 3.06 bits per heavy atom. The Morgan fingerprint density at radius 1 is 1.50 bits per heavy atom. The van der Waals surface area contributed by atoms with Gasteiger partial charge < -0.3 is 11.1 Å². The molecule has 2 rings (SSSR count). The third kappa shape index (κ3) is 2.91. The Hall–Kier alpha value is -1.35. The maximum Gasteiger partial charge on any atom is 0.236 e. The van der Waals surface area contributed by atoms with E-state index in [0.29, 0.717) is 12.5 Å². The summed E-state index contributed by atoms with van der Waals surface area (Å²) in [6.07, 6.45) is 3.95. The molecule has 0 radical (unpaired) electrons. The summed E-state index contributed by atoms with van der Waals surface area (Å²) in [5, 5.41) is 2.99. The van der Waals surface area contributed by atoms with Gasteiger partial charge in [-0.2, -0.15) is 0 Å². The van der Waals surface area contributed by atoms with Crippen LogP contribution in [0.5, 0.6) is 0 Å². The first kappa shape index (κ1) is 13.1. The number of aryl methyl sites for hydroxylation is 1. The lowest BCUT2D eigenvalue weighted by molar-refractivity contribution is -0.122. The zero-order valence-electron chi connectivity index (χ0n) is 11.0. The van der Waals surface area contributed by atoms with E-state index in [0.717, 1.165) is 25.7 Å². The second-order valence-electron chi connectivity index (χ2n) is 5.07. The molecule has 18 heavy (non-hydrogen) atoms. The molecule has 1 aliphatic rings. The Balaban J connectivity index is 1.87. The topological polar surface area (TPSA) is 55.1 Å². The average molecular weight is 246 g/mol. The SMILES string of the molecule is CCCC(N)C(=O)NCC1CCc2ccccc21. The van der Waals surface area contributed by atoms with Gasteiger partial charge in [0.2, 0.25) is 5.91 Å². The number of carbonyl (C=O) groups excluding carboxylic acids is 1. The number of hydrogen-bond acceptors (Lipinski definition) is 2. The second kappa shape index (κ2) is 6.01. The summed E-state index contributed by atoms with van der Waals surface area (Å²) >= 11 is 0. The molecule has 3 heteroatoms. The van der Waals surface area contributed by atoms with E-state index in [2.05, 4.69) is 29.6 Å². The average Bonchev–Trinajstić information content (AvgIpc) is 2.79. The summed E-state index contributed by atoms with van der Waals surface area (Å²) in [4.78, 5) is 11.8. The predicted octanol–water partition coefficient (Wildman–Crippen LogP) is 1.96. The number of amides is 1. The molecule has 3 nitrogen and oxygen atoms in total. The minimum Gasteiger partial charge on any atom is -0.354 e. The quantitative estimate of drug-likeness (QED) is 0.834. The first-order valence-corrected chi connectivity index (χ1v) is 6.83. The molecule has 1 aromatic rings. The summed E-state index contributed by atoms with van der Waals surface area (Å²) in [7, 11) is 0. The number of hydrogen-bond donors (Lipinski definition) is 2. The van der Waals surface area contributed by atoms with Crippen LogP contribution in [0.15, 0.2) is 24.3 Å². The van der Waals surface area contributed by atoms with Crippen LogP contribution in [0.1, 0.15) is 43.2 Å². The standard InChI is InChI=1S/C15H22N2O/c1-2-5-14(16)15(18)17-10-12-9-8-11-6-3-4-7-13(11)12/h3-4,6-7,12,14H,2,5,8-10,16H2,1H3,(H,17,18). The van der Waals surface area contributed by atoms with Crippen molar-refractivity contribution in [2.45, 2.75) is 44.6 Å². The maximum absolute atomic E-state index is 11.8. The van der Waals surface area contributed by atoms with Gasteiger partial charge in [0.1, 0.15) is 0 Å². The molecule has 2 unspecified atom stereocenters. The first-order valence-electron chi connectivity index (χ1n) is 6.83. The van der Waals surface area contributed by atoms with Gasteiger partial charge in [-0.3, -0.25) is 4.79 Å². The molecule has 0 heterocycles. The molecule has 0 spiro atoms. The Labute approximate surface area is 109 Å². The van der Waals surface area contributed by atoms with Gasteiger partial charge in [0, 0.05) is 12.5 Å². The molecule has 1 aliphatic carbocycles. The lowest BCUT2D eigenvalue weighted by atomic mass is 10.0. The summed E-state index contributed by atoms with van der Waals surface area (Å²) in [6, 6.07) is 8.15.